The predicted octanol–water partition coefficient (Wildman–Crippen LogP) is 5.73. The highest BCUT2D eigenvalue weighted by Crippen LogP contribution is 2.28. The molecule has 1 atom stereocenters. The maximum absolute atomic E-state index is 13.2. The van der Waals surface area contributed by atoms with Crippen LogP contribution >= 0.6 is 15.9 Å². The van der Waals surface area contributed by atoms with E-state index in [4.69, 9.17) is 0 Å². The van der Waals surface area contributed by atoms with Crippen molar-refractivity contribution in [3.63, 3.8) is 0 Å². The highest BCUT2D eigenvalue weighted by molar-refractivity contribution is 9.10. The van der Waals surface area contributed by atoms with Crippen molar-refractivity contribution >= 4 is 33.2 Å². The van der Waals surface area contributed by atoms with Crippen LogP contribution in [-0.4, -0.2) is 15.3 Å². The number of hydrogen-bond acceptors (Lipinski definition) is 2. The van der Waals surface area contributed by atoms with E-state index in [9.17, 15) is 4.79 Å². The Hall–Kier alpha value is -2.14. The molecule has 2 aromatic heterocycles. The summed E-state index contributed by atoms with van der Waals surface area (Å²) in [5.74, 6) is 0.262. The van der Waals surface area contributed by atoms with Gasteiger partial charge in [-0.1, -0.05) is 39.0 Å². The Morgan fingerprint density at radius 1 is 1.31 bits per heavy atom. The SMILES string of the molecule is CCc1nc2c(Br)cc(C)cn2c1C(=O)Nc1ccccc1C(C)CC. The fourth-order valence-corrected chi connectivity index (χ4v) is 3.85. The lowest BCUT2D eigenvalue weighted by molar-refractivity contribution is 0.102. The zero-order valence-electron chi connectivity index (χ0n) is 15.6. The smallest absolute Gasteiger partial charge is 0.274 e. The summed E-state index contributed by atoms with van der Waals surface area (Å²) in [7, 11) is 0. The highest BCUT2D eigenvalue weighted by Gasteiger charge is 2.21. The first-order chi connectivity index (χ1) is 12.5. The van der Waals surface area contributed by atoms with Crippen molar-refractivity contribution in [2.24, 2.45) is 0 Å². The third kappa shape index (κ3) is 3.40. The number of carbonyl (C=O) groups excluding carboxylic acids is 1. The van der Waals surface area contributed by atoms with Gasteiger partial charge in [0.2, 0.25) is 0 Å². The van der Waals surface area contributed by atoms with Crippen LogP contribution in [0.4, 0.5) is 5.69 Å². The van der Waals surface area contributed by atoms with E-state index < -0.39 is 0 Å². The Kier molecular flexibility index (Phi) is 5.47. The van der Waals surface area contributed by atoms with Gasteiger partial charge in [0.25, 0.3) is 5.91 Å². The fraction of sp³-hybridized carbons (Fsp3) is 0.333. The molecule has 0 bridgehead atoms. The monoisotopic (exact) mass is 413 g/mol. The Labute approximate surface area is 162 Å². The van der Waals surface area contributed by atoms with Crippen molar-refractivity contribution in [3.05, 3.63) is 63.5 Å². The van der Waals surface area contributed by atoms with E-state index in [2.05, 4.69) is 46.1 Å². The third-order valence-electron chi connectivity index (χ3n) is 4.79. The number of amides is 1. The maximum atomic E-state index is 13.2. The molecule has 0 spiro atoms. The zero-order chi connectivity index (χ0) is 18.8. The molecule has 26 heavy (non-hydrogen) atoms. The molecule has 0 radical (unpaired) electrons. The molecule has 3 rings (SSSR count). The molecule has 0 aliphatic carbocycles. The van der Waals surface area contributed by atoms with E-state index in [-0.39, 0.29) is 5.91 Å². The van der Waals surface area contributed by atoms with Crippen molar-refractivity contribution in [2.75, 3.05) is 5.32 Å². The molecular weight excluding hydrogens is 390 g/mol. The minimum absolute atomic E-state index is 0.123. The first-order valence-corrected chi connectivity index (χ1v) is 9.82. The van der Waals surface area contributed by atoms with E-state index in [1.165, 1.54) is 0 Å². The Bertz CT molecular complexity index is 961. The summed E-state index contributed by atoms with van der Waals surface area (Å²) in [5, 5.41) is 3.12. The van der Waals surface area contributed by atoms with Crippen LogP contribution < -0.4 is 5.32 Å². The van der Waals surface area contributed by atoms with Gasteiger partial charge in [-0.15, -0.1) is 0 Å². The molecule has 0 saturated heterocycles. The van der Waals surface area contributed by atoms with Crippen LogP contribution in [-0.2, 0) is 6.42 Å². The molecule has 0 aliphatic rings. The van der Waals surface area contributed by atoms with E-state index in [1.54, 1.807) is 0 Å². The second kappa shape index (κ2) is 7.62. The molecule has 1 amide bonds. The van der Waals surface area contributed by atoms with Crippen LogP contribution in [0, 0.1) is 6.92 Å². The molecule has 2 heterocycles. The molecule has 1 aromatic carbocycles. The number of halogens is 1. The number of nitrogens with one attached hydrogen (secondary N) is 1. The topological polar surface area (TPSA) is 46.4 Å². The van der Waals surface area contributed by atoms with Crippen molar-refractivity contribution in [1.82, 2.24) is 9.38 Å². The van der Waals surface area contributed by atoms with Gasteiger partial charge in [-0.25, -0.2) is 4.98 Å². The number of nitrogens with zero attached hydrogens (tertiary/aromatic N) is 2. The van der Waals surface area contributed by atoms with Gasteiger partial charge in [-0.05, 0) is 64.9 Å². The number of carbonyl (C=O) groups is 1. The van der Waals surface area contributed by atoms with E-state index >= 15 is 0 Å². The second-order valence-corrected chi connectivity index (χ2v) is 7.52. The number of aryl methyl sites for hydroxylation is 2. The molecule has 1 unspecified atom stereocenters. The van der Waals surface area contributed by atoms with Gasteiger partial charge < -0.3 is 5.32 Å². The van der Waals surface area contributed by atoms with Gasteiger partial charge in [-0.2, -0.15) is 0 Å². The first kappa shape index (κ1) is 18.6. The Balaban J connectivity index is 2.07. The summed E-state index contributed by atoms with van der Waals surface area (Å²) in [6, 6.07) is 10.0. The molecule has 1 N–H and O–H groups in total. The number of fused-ring (bicyclic) bond motifs is 1. The van der Waals surface area contributed by atoms with Crippen molar-refractivity contribution in [2.45, 2.75) is 46.5 Å². The van der Waals surface area contributed by atoms with E-state index in [0.29, 0.717) is 18.0 Å². The average Bonchev–Trinajstić information content (AvgIpc) is 3.00. The number of rotatable bonds is 5. The first-order valence-electron chi connectivity index (χ1n) is 9.03. The van der Waals surface area contributed by atoms with Crippen LogP contribution in [0.3, 0.4) is 0 Å². The average molecular weight is 414 g/mol. The minimum Gasteiger partial charge on any atom is -0.320 e. The summed E-state index contributed by atoms with van der Waals surface area (Å²) < 4.78 is 2.78. The molecule has 5 heteroatoms. The number of para-hydroxylation sites is 1. The number of benzene rings is 1. The molecule has 3 aromatic rings. The minimum atomic E-state index is -0.123. The maximum Gasteiger partial charge on any atom is 0.274 e. The van der Waals surface area contributed by atoms with Gasteiger partial charge in [-0.3, -0.25) is 9.20 Å². The number of aromatic nitrogens is 2. The molecular formula is C21H24BrN3O. The lowest BCUT2D eigenvalue weighted by Gasteiger charge is -2.16. The summed E-state index contributed by atoms with van der Waals surface area (Å²) in [5.41, 5.74) is 5.27. The molecule has 0 aliphatic heterocycles. The lowest BCUT2D eigenvalue weighted by atomic mass is 9.97. The van der Waals surface area contributed by atoms with Gasteiger partial charge in [0.05, 0.1) is 10.2 Å². The number of pyridine rings is 1. The second-order valence-electron chi connectivity index (χ2n) is 6.67. The summed E-state index contributed by atoms with van der Waals surface area (Å²) in [6.07, 6.45) is 3.68. The summed E-state index contributed by atoms with van der Waals surface area (Å²) in [6.45, 7) is 8.36. The van der Waals surface area contributed by atoms with Crippen LogP contribution in [0.1, 0.15) is 60.4 Å². The van der Waals surface area contributed by atoms with Crippen molar-refractivity contribution in [3.8, 4) is 0 Å². The Morgan fingerprint density at radius 2 is 2.04 bits per heavy atom. The van der Waals surface area contributed by atoms with Crippen molar-refractivity contribution in [1.29, 1.82) is 0 Å². The highest BCUT2D eigenvalue weighted by atomic mass is 79.9. The van der Waals surface area contributed by atoms with Gasteiger partial charge in [0.15, 0.2) is 5.65 Å². The van der Waals surface area contributed by atoms with Gasteiger partial charge in [0.1, 0.15) is 5.69 Å². The summed E-state index contributed by atoms with van der Waals surface area (Å²) >= 11 is 3.57. The van der Waals surface area contributed by atoms with Crippen LogP contribution in [0.2, 0.25) is 0 Å². The molecule has 0 fully saturated rings. The van der Waals surface area contributed by atoms with Crippen LogP contribution in [0.15, 0.2) is 41.0 Å². The number of anilines is 1. The standard InChI is InChI=1S/C21H24BrN3O/c1-5-14(4)15-9-7-8-10-18(15)24-21(26)19-17(6-2)23-20-16(22)11-13(3)12-25(19)20/h7-12,14H,5-6H2,1-4H3,(H,24,26). The van der Waals surface area contributed by atoms with Crippen molar-refractivity contribution < 1.29 is 4.79 Å². The van der Waals surface area contributed by atoms with Crippen LogP contribution in [0.5, 0.6) is 0 Å². The van der Waals surface area contributed by atoms with Crippen LogP contribution in [0.25, 0.3) is 5.65 Å². The normalized spacial score (nSPS) is 12.3. The zero-order valence-corrected chi connectivity index (χ0v) is 17.2. The van der Waals surface area contributed by atoms with Gasteiger partial charge >= 0.3 is 0 Å². The quantitative estimate of drug-likeness (QED) is 0.579. The molecule has 4 nitrogen and oxygen atoms in total. The number of imidazole rings is 1. The third-order valence-corrected chi connectivity index (χ3v) is 5.37. The fourth-order valence-electron chi connectivity index (χ4n) is 3.21. The summed E-state index contributed by atoms with van der Waals surface area (Å²) in [4.78, 5) is 17.8. The predicted molar refractivity (Wildman–Crippen MR) is 110 cm³/mol. The van der Waals surface area contributed by atoms with Gasteiger partial charge in [0, 0.05) is 11.9 Å². The Morgan fingerprint density at radius 3 is 2.73 bits per heavy atom. The molecule has 136 valence electrons. The lowest BCUT2D eigenvalue weighted by Crippen LogP contribution is -2.17. The molecule has 0 saturated carbocycles. The van der Waals surface area contributed by atoms with E-state index in [0.717, 1.165) is 39.0 Å². The largest absolute Gasteiger partial charge is 0.320 e. The van der Waals surface area contributed by atoms with E-state index in [1.807, 2.05) is 48.7 Å². The number of hydrogen-bond donors (Lipinski definition) is 1.